The van der Waals surface area contributed by atoms with Crippen LogP contribution in [0.5, 0.6) is 0 Å². The van der Waals surface area contributed by atoms with Crippen molar-refractivity contribution in [3.05, 3.63) is 0 Å². The molecule has 1 unspecified atom stereocenters. The minimum atomic E-state index is -0.826. The van der Waals surface area contributed by atoms with Gasteiger partial charge in [0.05, 0.1) is 11.8 Å². The van der Waals surface area contributed by atoms with Crippen molar-refractivity contribution >= 4 is 17.8 Å². The number of amides is 2. The molecule has 1 aliphatic carbocycles. The van der Waals surface area contributed by atoms with E-state index >= 15 is 0 Å². The molecule has 2 aliphatic heterocycles. The zero-order valence-corrected chi connectivity index (χ0v) is 12.9. The molecule has 1 N–H and O–H groups in total. The molecule has 0 spiro atoms. The maximum Gasteiger partial charge on any atom is 0.308 e. The third-order valence-corrected chi connectivity index (χ3v) is 5.36. The Morgan fingerprint density at radius 3 is 2.41 bits per heavy atom. The molecule has 22 heavy (non-hydrogen) atoms. The van der Waals surface area contributed by atoms with Crippen molar-refractivity contribution in [2.45, 2.75) is 51.0 Å². The number of carbonyl (C=O) groups excluding carboxylic acids is 2. The number of hydrogen-bond donors (Lipinski definition) is 1. The number of carboxylic acids is 1. The topological polar surface area (TPSA) is 77.9 Å². The first-order valence-electron chi connectivity index (χ1n) is 8.37. The van der Waals surface area contributed by atoms with Gasteiger partial charge in [0.2, 0.25) is 11.8 Å². The Labute approximate surface area is 130 Å². The Hall–Kier alpha value is -1.59. The summed E-state index contributed by atoms with van der Waals surface area (Å²) in [6.07, 6.45) is 6.10. The Morgan fingerprint density at radius 2 is 1.73 bits per heavy atom. The summed E-state index contributed by atoms with van der Waals surface area (Å²) >= 11 is 0. The smallest absolute Gasteiger partial charge is 0.308 e. The molecule has 2 amide bonds. The van der Waals surface area contributed by atoms with Gasteiger partial charge in [-0.2, -0.15) is 0 Å². The van der Waals surface area contributed by atoms with Crippen molar-refractivity contribution in [2.24, 2.45) is 11.8 Å². The van der Waals surface area contributed by atoms with Crippen molar-refractivity contribution in [3.8, 4) is 0 Å². The van der Waals surface area contributed by atoms with E-state index in [2.05, 4.69) is 0 Å². The minimum Gasteiger partial charge on any atom is -0.481 e. The highest BCUT2D eigenvalue weighted by molar-refractivity contribution is 5.89. The number of nitrogens with zero attached hydrogens (tertiary/aromatic N) is 2. The van der Waals surface area contributed by atoms with E-state index in [-0.39, 0.29) is 17.7 Å². The third-order valence-electron chi connectivity index (χ3n) is 5.36. The van der Waals surface area contributed by atoms with Crippen molar-refractivity contribution in [3.63, 3.8) is 0 Å². The quantitative estimate of drug-likeness (QED) is 0.847. The lowest BCUT2D eigenvalue weighted by Crippen LogP contribution is -2.45. The van der Waals surface area contributed by atoms with Crippen molar-refractivity contribution < 1.29 is 19.5 Å². The summed E-state index contributed by atoms with van der Waals surface area (Å²) in [7, 11) is 0. The summed E-state index contributed by atoms with van der Waals surface area (Å²) < 4.78 is 0. The average Bonchev–Trinajstić information content (AvgIpc) is 3.15. The van der Waals surface area contributed by atoms with E-state index in [1.165, 1.54) is 12.8 Å². The second-order valence-corrected chi connectivity index (χ2v) is 6.85. The summed E-state index contributed by atoms with van der Waals surface area (Å²) in [6, 6.07) is 0.318. The molecule has 2 saturated heterocycles. The predicted octanol–water partition coefficient (Wildman–Crippen LogP) is 1.10. The van der Waals surface area contributed by atoms with E-state index in [1.54, 1.807) is 4.90 Å². The Bertz CT molecular complexity index is 473. The molecule has 0 bridgehead atoms. The zero-order chi connectivity index (χ0) is 15.7. The number of hydrogen-bond acceptors (Lipinski definition) is 3. The Morgan fingerprint density at radius 1 is 1.00 bits per heavy atom. The van der Waals surface area contributed by atoms with Gasteiger partial charge >= 0.3 is 5.97 Å². The van der Waals surface area contributed by atoms with Gasteiger partial charge < -0.3 is 14.9 Å². The first kappa shape index (κ1) is 15.3. The fourth-order valence-electron chi connectivity index (χ4n) is 4.10. The summed E-state index contributed by atoms with van der Waals surface area (Å²) in [6.45, 7) is 1.44. The number of rotatable bonds is 3. The number of aliphatic carboxylic acids is 1. The van der Waals surface area contributed by atoms with Crippen LogP contribution >= 0.6 is 0 Å². The lowest BCUT2D eigenvalue weighted by molar-refractivity contribution is -0.146. The molecule has 1 saturated carbocycles. The Kier molecular flexibility index (Phi) is 4.36. The van der Waals surface area contributed by atoms with E-state index in [9.17, 15) is 14.4 Å². The predicted molar refractivity (Wildman–Crippen MR) is 79.0 cm³/mol. The van der Waals surface area contributed by atoms with Crippen LogP contribution in [0.25, 0.3) is 0 Å². The SMILES string of the molecule is O=C(O)[C@H]1CCCN(C(=O)C2CC(=O)N(C3CCCC3)C2)C1. The standard InChI is InChI=1S/C16H24N2O4/c19-14-8-12(10-18(14)13-5-1-2-6-13)15(20)17-7-3-4-11(9-17)16(21)22/h11-13H,1-10H2,(H,21,22)/t11-,12?/m0/s1. The zero-order valence-electron chi connectivity index (χ0n) is 12.9. The molecule has 3 aliphatic rings. The maximum absolute atomic E-state index is 12.6. The van der Waals surface area contributed by atoms with Crippen LogP contribution in [0.3, 0.4) is 0 Å². The van der Waals surface area contributed by atoms with Gasteiger partial charge in [-0.25, -0.2) is 0 Å². The second-order valence-electron chi connectivity index (χ2n) is 6.85. The average molecular weight is 308 g/mol. The molecule has 3 fully saturated rings. The van der Waals surface area contributed by atoms with Crippen LogP contribution in [-0.2, 0) is 14.4 Å². The molecule has 2 atom stereocenters. The fraction of sp³-hybridized carbons (Fsp3) is 0.812. The molecular formula is C16H24N2O4. The van der Waals surface area contributed by atoms with Crippen LogP contribution in [-0.4, -0.2) is 58.4 Å². The van der Waals surface area contributed by atoms with Crippen LogP contribution in [0.15, 0.2) is 0 Å². The lowest BCUT2D eigenvalue weighted by atomic mass is 9.96. The van der Waals surface area contributed by atoms with Gasteiger partial charge in [0.1, 0.15) is 0 Å². The van der Waals surface area contributed by atoms with E-state index in [0.717, 1.165) is 19.3 Å². The summed E-state index contributed by atoms with van der Waals surface area (Å²) in [5, 5.41) is 9.13. The first-order valence-corrected chi connectivity index (χ1v) is 8.37. The van der Waals surface area contributed by atoms with Crippen LogP contribution < -0.4 is 0 Å². The van der Waals surface area contributed by atoms with Crippen molar-refractivity contribution in [1.82, 2.24) is 9.80 Å². The van der Waals surface area contributed by atoms with Gasteiger partial charge in [-0.3, -0.25) is 14.4 Å². The van der Waals surface area contributed by atoms with E-state index < -0.39 is 11.9 Å². The number of likely N-dealkylation sites (tertiary alicyclic amines) is 2. The highest BCUT2D eigenvalue weighted by Gasteiger charge is 2.41. The maximum atomic E-state index is 12.6. The van der Waals surface area contributed by atoms with Gasteiger partial charge in [-0.05, 0) is 25.7 Å². The van der Waals surface area contributed by atoms with Gasteiger partial charge in [-0.1, -0.05) is 12.8 Å². The monoisotopic (exact) mass is 308 g/mol. The van der Waals surface area contributed by atoms with E-state index in [4.69, 9.17) is 5.11 Å². The first-order chi connectivity index (χ1) is 10.6. The molecule has 0 aromatic rings. The van der Waals surface area contributed by atoms with E-state index in [0.29, 0.717) is 38.5 Å². The van der Waals surface area contributed by atoms with Gasteiger partial charge in [0, 0.05) is 32.1 Å². The van der Waals surface area contributed by atoms with Gasteiger partial charge in [-0.15, -0.1) is 0 Å². The highest BCUT2D eigenvalue weighted by atomic mass is 16.4. The van der Waals surface area contributed by atoms with Crippen LogP contribution in [0.4, 0.5) is 0 Å². The van der Waals surface area contributed by atoms with Crippen molar-refractivity contribution in [2.75, 3.05) is 19.6 Å². The lowest BCUT2D eigenvalue weighted by Gasteiger charge is -2.32. The van der Waals surface area contributed by atoms with E-state index in [1.807, 2.05) is 4.90 Å². The largest absolute Gasteiger partial charge is 0.481 e. The summed E-state index contributed by atoms with van der Waals surface area (Å²) in [5.74, 6) is -1.49. The van der Waals surface area contributed by atoms with Crippen LogP contribution in [0.2, 0.25) is 0 Å². The molecule has 0 radical (unpaired) electrons. The molecule has 2 heterocycles. The highest BCUT2D eigenvalue weighted by Crippen LogP contribution is 2.31. The number of carboxylic acid groups (broad SMARTS) is 1. The fourth-order valence-corrected chi connectivity index (χ4v) is 4.10. The van der Waals surface area contributed by atoms with Crippen LogP contribution in [0.1, 0.15) is 44.9 Å². The van der Waals surface area contributed by atoms with Crippen LogP contribution in [0, 0.1) is 11.8 Å². The molecule has 0 aromatic heterocycles. The molecule has 6 nitrogen and oxygen atoms in total. The third kappa shape index (κ3) is 2.96. The molecule has 3 rings (SSSR count). The minimum absolute atomic E-state index is 0.0280. The van der Waals surface area contributed by atoms with Gasteiger partial charge in [0.25, 0.3) is 0 Å². The number of carbonyl (C=O) groups is 3. The molecular weight excluding hydrogens is 284 g/mol. The summed E-state index contributed by atoms with van der Waals surface area (Å²) in [5.41, 5.74) is 0. The second kappa shape index (κ2) is 6.26. The Balaban J connectivity index is 1.60. The number of piperidine rings is 1. The molecule has 0 aromatic carbocycles. The van der Waals surface area contributed by atoms with Crippen molar-refractivity contribution in [1.29, 1.82) is 0 Å². The molecule has 6 heteroatoms. The normalized spacial score (nSPS) is 30.1. The summed E-state index contributed by atoms with van der Waals surface area (Å²) in [4.78, 5) is 39.5. The van der Waals surface area contributed by atoms with Gasteiger partial charge in [0.15, 0.2) is 0 Å². The molecule has 122 valence electrons.